The van der Waals surface area contributed by atoms with Crippen molar-refractivity contribution in [1.82, 2.24) is 15.1 Å². The van der Waals surface area contributed by atoms with Gasteiger partial charge in [0.1, 0.15) is 23.5 Å². The van der Waals surface area contributed by atoms with E-state index in [1.807, 2.05) is 5.32 Å². The Morgan fingerprint density at radius 3 is 2.49 bits per heavy atom. The fourth-order valence-corrected chi connectivity index (χ4v) is 4.33. The summed E-state index contributed by atoms with van der Waals surface area (Å²) in [5, 5.41) is 31.8. The molecule has 1 fully saturated rings. The molecular formula is C22H26BF2N3O9. The molecule has 1 saturated heterocycles. The van der Waals surface area contributed by atoms with E-state index < -0.39 is 67.5 Å². The molecule has 3 atom stereocenters. The number of halogens is 2. The Labute approximate surface area is 210 Å². The van der Waals surface area contributed by atoms with E-state index in [0.29, 0.717) is 16.0 Å². The van der Waals surface area contributed by atoms with Crippen molar-refractivity contribution >= 4 is 36.7 Å². The zero-order chi connectivity index (χ0) is 27.6. The summed E-state index contributed by atoms with van der Waals surface area (Å²) in [6.07, 6.45) is -6.78. The monoisotopic (exact) mass is 525 g/mol. The fourth-order valence-electron chi connectivity index (χ4n) is 4.33. The van der Waals surface area contributed by atoms with Crippen LogP contribution in [0.3, 0.4) is 0 Å². The normalized spacial score (nSPS) is 19.3. The number of hydrogen-bond donors (Lipinski definition) is 4. The number of hydrogen-bond acceptors (Lipinski definition) is 8. The number of aromatic carboxylic acids is 1. The van der Waals surface area contributed by atoms with Gasteiger partial charge < -0.3 is 30.1 Å². The summed E-state index contributed by atoms with van der Waals surface area (Å²) in [7, 11) is -1.68. The Morgan fingerprint density at radius 2 is 1.89 bits per heavy atom. The number of alkyl halides is 2. The van der Waals surface area contributed by atoms with Crippen LogP contribution < -0.4 is 9.97 Å². The van der Waals surface area contributed by atoms with Crippen molar-refractivity contribution in [2.24, 2.45) is 0 Å². The number of urea groups is 1. The van der Waals surface area contributed by atoms with Gasteiger partial charge in [0.25, 0.3) is 6.43 Å². The van der Waals surface area contributed by atoms with E-state index in [0.717, 1.165) is 0 Å². The maximum absolute atomic E-state index is 13.4. The molecule has 12 nitrogen and oxygen atoms in total. The van der Waals surface area contributed by atoms with Gasteiger partial charge in [0.05, 0.1) is 0 Å². The number of piperazine rings is 1. The second-order valence-corrected chi connectivity index (χ2v) is 8.79. The molecule has 2 aliphatic heterocycles. The third-order valence-corrected chi connectivity index (χ3v) is 6.41. The lowest BCUT2D eigenvalue weighted by Gasteiger charge is -2.33. The number of aliphatic hydroxyl groups excluding tert-OH is 1. The van der Waals surface area contributed by atoms with Gasteiger partial charge in [-0.25, -0.2) is 18.4 Å². The first-order valence-electron chi connectivity index (χ1n) is 11.5. The molecule has 3 rings (SSSR count). The van der Waals surface area contributed by atoms with Crippen molar-refractivity contribution < 1.29 is 52.6 Å². The minimum absolute atomic E-state index is 0.00727. The van der Waals surface area contributed by atoms with E-state index >= 15 is 0 Å². The number of benzene rings is 1. The maximum atomic E-state index is 13.4. The van der Waals surface area contributed by atoms with Crippen molar-refractivity contribution in [3.05, 3.63) is 28.8 Å². The molecule has 4 amide bonds. The number of carboxylic acid groups (broad SMARTS) is 1. The molecule has 0 radical (unpaired) electrons. The highest BCUT2D eigenvalue weighted by Gasteiger charge is 2.43. The standard InChI is InChI=1S/C22H26BF2N3O9/c1-3-27-6-7-28(20(32)19(27)31)22(35)26-15(16(30)18(24)25)13(29)9-12-8-11-5-4-10(2)14(21(33)34)17(11)37-23(12)36/h4-5,12,15-16,18,30,36H,3,6-9H2,1-2H3,(H,26,35)(H,33,34)/t12-,15+,16+/m1/s1. The number of nitrogens with zero attached hydrogens (tertiary/aromatic N) is 2. The van der Waals surface area contributed by atoms with Gasteiger partial charge in [-0.05, 0) is 31.4 Å². The number of rotatable bonds is 8. The van der Waals surface area contributed by atoms with Gasteiger partial charge in [0.15, 0.2) is 5.78 Å². The SMILES string of the molecule is CCN1CCN(C(=O)N[C@@H](C(=O)C[C@H]2Cc3ccc(C)c(C(=O)O)c3OB2O)[C@H](O)C(F)F)C(=O)C1=O. The predicted octanol–water partition coefficient (Wildman–Crippen LogP) is -0.167. The van der Waals surface area contributed by atoms with Crippen LogP contribution in [-0.4, -0.2) is 100.0 Å². The first kappa shape index (κ1) is 28.0. The number of aliphatic hydroxyl groups is 1. The lowest BCUT2D eigenvalue weighted by atomic mass is 9.64. The number of ketones is 1. The molecular weight excluding hydrogens is 499 g/mol. The number of amides is 4. The van der Waals surface area contributed by atoms with E-state index in [-0.39, 0.29) is 37.4 Å². The largest absolute Gasteiger partial charge is 0.535 e. The number of fused-ring (bicyclic) bond motifs is 1. The zero-order valence-electron chi connectivity index (χ0n) is 20.0. The zero-order valence-corrected chi connectivity index (χ0v) is 20.0. The Balaban J connectivity index is 1.77. The second kappa shape index (κ2) is 11.2. The lowest BCUT2D eigenvalue weighted by molar-refractivity contribution is -0.153. The van der Waals surface area contributed by atoms with E-state index in [4.69, 9.17) is 4.65 Å². The van der Waals surface area contributed by atoms with Crippen LogP contribution in [0.4, 0.5) is 13.6 Å². The topological polar surface area (TPSA) is 174 Å². The van der Waals surface area contributed by atoms with Crippen LogP contribution in [0.15, 0.2) is 12.1 Å². The highest BCUT2D eigenvalue weighted by atomic mass is 19.3. The fraction of sp³-hybridized carbons (Fsp3) is 0.500. The highest BCUT2D eigenvalue weighted by Crippen LogP contribution is 2.38. The van der Waals surface area contributed by atoms with E-state index in [1.54, 1.807) is 13.0 Å². The quantitative estimate of drug-likeness (QED) is 0.266. The number of nitrogens with one attached hydrogen (secondary N) is 1. The second-order valence-electron chi connectivity index (χ2n) is 8.79. The minimum Gasteiger partial charge on any atom is -0.535 e. The van der Waals surface area contributed by atoms with E-state index in [1.165, 1.54) is 17.9 Å². The minimum atomic E-state index is -3.45. The average molecular weight is 525 g/mol. The molecule has 15 heteroatoms. The van der Waals surface area contributed by atoms with Crippen LogP contribution in [0, 0.1) is 6.92 Å². The molecule has 2 heterocycles. The number of likely N-dealkylation sites (N-methyl/N-ethyl adjacent to an activating group) is 1. The van der Waals surface area contributed by atoms with Crippen molar-refractivity contribution in [1.29, 1.82) is 0 Å². The molecule has 0 aromatic heterocycles. The molecule has 1 aromatic carbocycles. The van der Waals surface area contributed by atoms with E-state index in [9.17, 15) is 48.0 Å². The number of carbonyl (C=O) groups is 5. The molecule has 200 valence electrons. The van der Waals surface area contributed by atoms with Crippen LogP contribution in [-0.2, 0) is 20.8 Å². The van der Waals surface area contributed by atoms with Crippen molar-refractivity contribution in [2.45, 2.75) is 51.1 Å². The molecule has 37 heavy (non-hydrogen) atoms. The third-order valence-electron chi connectivity index (χ3n) is 6.41. The van der Waals surface area contributed by atoms with Gasteiger partial charge in [-0.3, -0.25) is 19.3 Å². The third kappa shape index (κ3) is 5.72. The Bertz CT molecular complexity index is 1120. The van der Waals surface area contributed by atoms with Crippen LogP contribution in [0.25, 0.3) is 0 Å². The Morgan fingerprint density at radius 1 is 1.22 bits per heavy atom. The molecule has 1 aromatic rings. The molecule has 0 spiro atoms. The smallest absolute Gasteiger partial charge is 0.526 e. The molecule has 0 saturated carbocycles. The molecule has 0 aliphatic carbocycles. The summed E-state index contributed by atoms with van der Waals surface area (Å²) in [4.78, 5) is 63.1. The molecule has 4 N–H and O–H groups in total. The van der Waals surface area contributed by atoms with Crippen LogP contribution >= 0.6 is 0 Å². The summed E-state index contributed by atoms with van der Waals surface area (Å²) in [5.41, 5.74) is 0.574. The maximum Gasteiger partial charge on any atom is 0.526 e. The van der Waals surface area contributed by atoms with Crippen molar-refractivity contribution in [3.8, 4) is 5.75 Å². The van der Waals surface area contributed by atoms with Crippen LogP contribution in [0.1, 0.15) is 34.8 Å². The van der Waals surface area contributed by atoms with Gasteiger partial charge >= 0.3 is 30.9 Å². The summed E-state index contributed by atoms with van der Waals surface area (Å²) < 4.78 is 32.1. The summed E-state index contributed by atoms with van der Waals surface area (Å²) >= 11 is 0. The number of carbonyl (C=O) groups excluding carboxylic acids is 4. The number of Topliss-reactive ketones (excluding diaryl/α,β-unsaturated/α-hetero) is 1. The number of carboxylic acids is 1. The highest BCUT2D eigenvalue weighted by molar-refractivity contribution is 6.47. The molecule has 2 aliphatic rings. The summed E-state index contributed by atoms with van der Waals surface area (Å²) in [6.45, 7) is 3.14. The van der Waals surface area contributed by atoms with Gasteiger partial charge in [-0.15, -0.1) is 0 Å². The van der Waals surface area contributed by atoms with Gasteiger partial charge in [0, 0.05) is 31.9 Å². The van der Waals surface area contributed by atoms with Crippen molar-refractivity contribution in [2.75, 3.05) is 19.6 Å². The Hall–Kier alpha value is -3.59. The first-order valence-corrected chi connectivity index (χ1v) is 11.5. The summed E-state index contributed by atoms with van der Waals surface area (Å²) in [5.74, 6) is -5.65. The Kier molecular flexibility index (Phi) is 8.48. The molecule has 0 bridgehead atoms. The number of imide groups is 1. The lowest BCUT2D eigenvalue weighted by Crippen LogP contribution is -2.61. The van der Waals surface area contributed by atoms with Gasteiger partial charge in [-0.2, -0.15) is 0 Å². The number of aryl methyl sites for hydroxylation is 1. The van der Waals surface area contributed by atoms with Gasteiger partial charge in [-0.1, -0.05) is 12.1 Å². The average Bonchev–Trinajstić information content (AvgIpc) is 2.83. The van der Waals surface area contributed by atoms with Crippen LogP contribution in [0.5, 0.6) is 5.75 Å². The van der Waals surface area contributed by atoms with Gasteiger partial charge in [0.2, 0.25) is 0 Å². The first-order chi connectivity index (χ1) is 17.4. The molecule has 0 unspecified atom stereocenters. The van der Waals surface area contributed by atoms with Crippen molar-refractivity contribution in [3.63, 3.8) is 0 Å². The van der Waals surface area contributed by atoms with Crippen LogP contribution in [0.2, 0.25) is 5.82 Å². The van der Waals surface area contributed by atoms with E-state index in [2.05, 4.69) is 0 Å². The summed E-state index contributed by atoms with van der Waals surface area (Å²) in [6, 6.07) is -0.408. The predicted molar refractivity (Wildman–Crippen MR) is 122 cm³/mol.